The van der Waals surface area contributed by atoms with Gasteiger partial charge in [0.05, 0.1) is 0 Å². The van der Waals surface area contributed by atoms with Crippen LogP contribution >= 0.6 is 0 Å². The van der Waals surface area contributed by atoms with E-state index in [2.05, 4.69) is 19.2 Å². The van der Waals surface area contributed by atoms with Gasteiger partial charge in [-0.3, -0.25) is 9.59 Å². The van der Waals surface area contributed by atoms with E-state index in [0.717, 1.165) is 43.4 Å². The summed E-state index contributed by atoms with van der Waals surface area (Å²) in [6.45, 7) is 5.59. The Morgan fingerprint density at radius 1 is 1.17 bits per heavy atom. The summed E-state index contributed by atoms with van der Waals surface area (Å²) in [5.74, 6) is 0.337. The zero-order valence-corrected chi connectivity index (χ0v) is 14.3. The van der Waals surface area contributed by atoms with Crippen molar-refractivity contribution in [2.75, 3.05) is 18.4 Å². The maximum absolute atomic E-state index is 12.5. The number of piperidine rings is 1. The van der Waals surface area contributed by atoms with Crippen molar-refractivity contribution in [2.24, 2.45) is 5.92 Å². The molecule has 1 N–H and O–H groups in total. The first kappa shape index (κ1) is 17.5. The van der Waals surface area contributed by atoms with Gasteiger partial charge in [0.15, 0.2) is 0 Å². The molecule has 1 fully saturated rings. The number of aryl methyl sites for hydroxylation is 1. The Balaban J connectivity index is 1.85. The third-order valence-electron chi connectivity index (χ3n) is 4.62. The highest BCUT2D eigenvalue weighted by atomic mass is 16.2. The van der Waals surface area contributed by atoms with Gasteiger partial charge in [0.1, 0.15) is 0 Å². The molecule has 2 amide bonds. The van der Waals surface area contributed by atoms with Crippen LogP contribution in [0.3, 0.4) is 0 Å². The van der Waals surface area contributed by atoms with Crippen molar-refractivity contribution < 1.29 is 9.59 Å². The number of amides is 2. The minimum absolute atomic E-state index is 0.00939. The van der Waals surface area contributed by atoms with E-state index in [1.165, 1.54) is 0 Å². The Morgan fingerprint density at radius 2 is 1.87 bits per heavy atom. The standard InChI is InChI=1S/C19H28N2O2/c1-3-5-10-18(22)21-13-11-16(12-14-21)19(23)20-17-9-7-6-8-15(17)4-2/h6-9,16H,3-5,10-14H2,1-2H3,(H,20,23). The largest absolute Gasteiger partial charge is 0.343 e. The van der Waals surface area contributed by atoms with Crippen LogP contribution in [0, 0.1) is 5.92 Å². The number of hydrogen-bond donors (Lipinski definition) is 1. The molecule has 1 heterocycles. The first-order valence-corrected chi connectivity index (χ1v) is 8.82. The second-order valence-electron chi connectivity index (χ2n) is 6.26. The molecule has 1 saturated heterocycles. The number of para-hydroxylation sites is 1. The molecular formula is C19H28N2O2. The fourth-order valence-electron chi connectivity index (χ4n) is 3.06. The molecule has 1 aliphatic heterocycles. The second-order valence-corrected chi connectivity index (χ2v) is 6.26. The van der Waals surface area contributed by atoms with Crippen molar-refractivity contribution in [2.45, 2.75) is 52.4 Å². The Labute approximate surface area is 139 Å². The van der Waals surface area contributed by atoms with Crippen LogP contribution in [0.1, 0.15) is 51.5 Å². The van der Waals surface area contributed by atoms with E-state index in [0.29, 0.717) is 19.5 Å². The lowest BCUT2D eigenvalue weighted by Gasteiger charge is -2.31. The molecule has 23 heavy (non-hydrogen) atoms. The summed E-state index contributed by atoms with van der Waals surface area (Å²) in [6.07, 6.45) is 5.06. The van der Waals surface area contributed by atoms with Gasteiger partial charge in [0.25, 0.3) is 0 Å². The Kier molecular flexibility index (Phi) is 6.63. The zero-order chi connectivity index (χ0) is 16.7. The average Bonchev–Trinajstić information content (AvgIpc) is 2.60. The average molecular weight is 316 g/mol. The third-order valence-corrected chi connectivity index (χ3v) is 4.62. The number of benzene rings is 1. The minimum Gasteiger partial charge on any atom is -0.343 e. The van der Waals surface area contributed by atoms with Crippen molar-refractivity contribution in [1.29, 1.82) is 0 Å². The molecule has 0 saturated carbocycles. The molecule has 0 aromatic heterocycles. The maximum Gasteiger partial charge on any atom is 0.227 e. The van der Waals surface area contributed by atoms with Crippen molar-refractivity contribution in [3.8, 4) is 0 Å². The lowest BCUT2D eigenvalue weighted by Crippen LogP contribution is -2.41. The SMILES string of the molecule is CCCCC(=O)N1CCC(C(=O)Nc2ccccc2CC)CC1. The van der Waals surface area contributed by atoms with Crippen LogP contribution in [0.2, 0.25) is 0 Å². The van der Waals surface area contributed by atoms with E-state index in [4.69, 9.17) is 0 Å². The first-order chi connectivity index (χ1) is 11.2. The van der Waals surface area contributed by atoms with Crippen molar-refractivity contribution in [1.82, 2.24) is 4.90 Å². The molecule has 0 aliphatic carbocycles. The molecule has 1 aromatic rings. The summed E-state index contributed by atoms with van der Waals surface area (Å²) in [5.41, 5.74) is 2.08. The van der Waals surface area contributed by atoms with Crippen molar-refractivity contribution in [3.63, 3.8) is 0 Å². The lowest BCUT2D eigenvalue weighted by atomic mass is 9.95. The van der Waals surface area contributed by atoms with Crippen molar-refractivity contribution in [3.05, 3.63) is 29.8 Å². The molecule has 126 valence electrons. The molecule has 2 rings (SSSR count). The molecular weight excluding hydrogens is 288 g/mol. The predicted octanol–water partition coefficient (Wildman–Crippen LogP) is 3.62. The van der Waals surface area contributed by atoms with E-state index in [9.17, 15) is 9.59 Å². The van der Waals surface area contributed by atoms with Crippen LogP contribution < -0.4 is 5.32 Å². The number of nitrogens with zero attached hydrogens (tertiary/aromatic N) is 1. The summed E-state index contributed by atoms with van der Waals surface area (Å²) in [7, 11) is 0. The molecule has 4 nitrogen and oxygen atoms in total. The third kappa shape index (κ3) is 4.81. The van der Waals surface area contributed by atoms with Gasteiger partial charge >= 0.3 is 0 Å². The molecule has 4 heteroatoms. The normalized spacial score (nSPS) is 15.5. The molecule has 0 spiro atoms. The predicted molar refractivity (Wildman–Crippen MR) is 93.3 cm³/mol. The van der Waals surface area contributed by atoms with Gasteiger partial charge in [-0.05, 0) is 37.3 Å². The van der Waals surface area contributed by atoms with Crippen LogP contribution in [-0.2, 0) is 16.0 Å². The molecule has 0 unspecified atom stereocenters. The fourth-order valence-corrected chi connectivity index (χ4v) is 3.06. The van der Waals surface area contributed by atoms with Gasteiger partial charge in [0.2, 0.25) is 11.8 Å². The van der Waals surface area contributed by atoms with Gasteiger partial charge in [0, 0.05) is 31.1 Å². The summed E-state index contributed by atoms with van der Waals surface area (Å²) < 4.78 is 0. The van der Waals surface area contributed by atoms with Gasteiger partial charge in [-0.15, -0.1) is 0 Å². The topological polar surface area (TPSA) is 49.4 Å². The second kappa shape index (κ2) is 8.70. The highest BCUT2D eigenvalue weighted by Gasteiger charge is 2.27. The zero-order valence-electron chi connectivity index (χ0n) is 14.3. The Morgan fingerprint density at radius 3 is 2.52 bits per heavy atom. The number of unbranched alkanes of at least 4 members (excludes halogenated alkanes) is 1. The highest BCUT2D eigenvalue weighted by Crippen LogP contribution is 2.22. The Hall–Kier alpha value is -1.84. The number of rotatable bonds is 6. The number of carbonyl (C=O) groups excluding carboxylic acids is 2. The summed E-state index contributed by atoms with van der Waals surface area (Å²) in [6, 6.07) is 7.95. The molecule has 0 atom stereocenters. The first-order valence-electron chi connectivity index (χ1n) is 8.82. The molecule has 0 radical (unpaired) electrons. The minimum atomic E-state index is 0.00939. The molecule has 1 aliphatic rings. The molecule has 1 aromatic carbocycles. The smallest absolute Gasteiger partial charge is 0.227 e. The van der Waals surface area contributed by atoms with Crippen LogP contribution in [0.5, 0.6) is 0 Å². The van der Waals surface area contributed by atoms with E-state index in [1.807, 2.05) is 29.2 Å². The summed E-state index contributed by atoms with van der Waals surface area (Å²) >= 11 is 0. The summed E-state index contributed by atoms with van der Waals surface area (Å²) in [4.78, 5) is 26.4. The van der Waals surface area contributed by atoms with Crippen LogP contribution in [0.4, 0.5) is 5.69 Å². The Bertz CT molecular complexity index is 534. The van der Waals surface area contributed by atoms with Crippen molar-refractivity contribution >= 4 is 17.5 Å². The van der Waals surface area contributed by atoms with E-state index < -0.39 is 0 Å². The van der Waals surface area contributed by atoms with E-state index >= 15 is 0 Å². The quantitative estimate of drug-likeness (QED) is 0.871. The van der Waals surface area contributed by atoms with Gasteiger partial charge in [-0.25, -0.2) is 0 Å². The molecule has 0 bridgehead atoms. The summed E-state index contributed by atoms with van der Waals surface area (Å²) in [5, 5.41) is 3.07. The number of anilines is 1. The van der Waals surface area contributed by atoms with Crippen LogP contribution in [-0.4, -0.2) is 29.8 Å². The van der Waals surface area contributed by atoms with E-state index in [1.54, 1.807) is 0 Å². The van der Waals surface area contributed by atoms with Gasteiger partial charge in [-0.1, -0.05) is 38.5 Å². The maximum atomic E-state index is 12.5. The van der Waals surface area contributed by atoms with Crippen LogP contribution in [0.25, 0.3) is 0 Å². The highest BCUT2D eigenvalue weighted by molar-refractivity contribution is 5.93. The number of nitrogens with one attached hydrogen (secondary N) is 1. The number of carbonyl (C=O) groups is 2. The van der Waals surface area contributed by atoms with E-state index in [-0.39, 0.29) is 17.7 Å². The number of hydrogen-bond acceptors (Lipinski definition) is 2. The van der Waals surface area contributed by atoms with Gasteiger partial charge < -0.3 is 10.2 Å². The number of likely N-dealkylation sites (tertiary alicyclic amines) is 1. The fraction of sp³-hybridized carbons (Fsp3) is 0.579. The monoisotopic (exact) mass is 316 g/mol. The lowest BCUT2D eigenvalue weighted by molar-refractivity contribution is -0.134. The van der Waals surface area contributed by atoms with Gasteiger partial charge in [-0.2, -0.15) is 0 Å². The van der Waals surface area contributed by atoms with Crippen LogP contribution in [0.15, 0.2) is 24.3 Å².